The summed E-state index contributed by atoms with van der Waals surface area (Å²) < 4.78 is 11.3. The molecule has 0 saturated carbocycles. The monoisotopic (exact) mass is 233 g/mol. The average Bonchev–Trinajstić information content (AvgIpc) is 2.77. The lowest BCUT2D eigenvalue weighted by molar-refractivity contribution is 0.316. The van der Waals surface area contributed by atoms with Crippen LogP contribution in [0.25, 0.3) is 11.0 Å². The predicted molar refractivity (Wildman–Crippen MR) is 69.6 cm³/mol. The third kappa shape index (κ3) is 2.61. The van der Waals surface area contributed by atoms with Crippen LogP contribution in [0.15, 0.2) is 28.9 Å². The number of nitrogens with one attached hydrogen (secondary N) is 1. The van der Waals surface area contributed by atoms with Gasteiger partial charge < -0.3 is 14.5 Å². The number of benzene rings is 1. The second-order valence-corrected chi connectivity index (χ2v) is 4.10. The van der Waals surface area contributed by atoms with Crippen LogP contribution >= 0.6 is 0 Å². The van der Waals surface area contributed by atoms with Gasteiger partial charge in [0.05, 0.1) is 12.9 Å². The van der Waals surface area contributed by atoms with E-state index in [2.05, 4.69) is 18.3 Å². The summed E-state index contributed by atoms with van der Waals surface area (Å²) in [5.74, 6) is 0.847. The molecule has 0 saturated heterocycles. The first-order valence-corrected chi connectivity index (χ1v) is 6.13. The molecular formula is C14H19NO2. The second-order valence-electron chi connectivity index (χ2n) is 4.10. The first-order chi connectivity index (χ1) is 8.36. The van der Waals surface area contributed by atoms with Crippen LogP contribution in [0.4, 0.5) is 0 Å². The summed E-state index contributed by atoms with van der Waals surface area (Å²) >= 11 is 0. The van der Waals surface area contributed by atoms with Crippen molar-refractivity contribution in [3.05, 3.63) is 30.0 Å². The topological polar surface area (TPSA) is 34.4 Å². The van der Waals surface area contributed by atoms with Crippen molar-refractivity contribution in [1.29, 1.82) is 0 Å². The van der Waals surface area contributed by atoms with Gasteiger partial charge in [-0.05, 0) is 38.1 Å². The molecule has 0 aliphatic heterocycles. The van der Waals surface area contributed by atoms with Gasteiger partial charge >= 0.3 is 0 Å². The molecule has 1 N–H and O–H groups in total. The summed E-state index contributed by atoms with van der Waals surface area (Å²) in [5.41, 5.74) is 2.10. The maximum atomic E-state index is 5.68. The molecule has 0 unspecified atom stereocenters. The number of furan rings is 1. The average molecular weight is 233 g/mol. The van der Waals surface area contributed by atoms with Crippen LogP contribution in [-0.2, 0) is 6.42 Å². The fraction of sp³-hybridized carbons (Fsp3) is 0.429. The second kappa shape index (κ2) is 5.73. The van der Waals surface area contributed by atoms with E-state index in [-0.39, 0.29) is 0 Å². The third-order valence-electron chi connectivity index (χ3n) is 2.75. The van der Waals surface area contributed by atoms with Gasteiger partial charge in [-0.3, -0.25) is 0 Å². The molecule has 0 spiro atoms. The molecule has 0 aliphatic rings. The summed E-state index contributed by atoms with van der Waals surface area (Å²) in [6.07, 6.45) is 3.81. The minimum absolute atomic E-state index is 0.728. The zero-order valence-electron chi connectivity index (χ0n) is 10.5. The Morgan fingerprint density at radius 1 is 1.35 bits per heavy atom. The van der Waals surface area contributed by atoms with Crippen LogP contribution in [0.2, 0.25) is 0 Å². The molecule has 1 heterocycles. The Kier molecular flexibility index (Phi) is 4.04. The van der Waals surface area contributed by atoms with E-state index >= 15 is 0 Å². The van der Waals surface area contributed by atoms with Gasteiger partial charge in [0.15, 0.2) is 11.3 Å². The Balaban J connectivity index is 2.28. The molecule has 17 heavy (non-hydrogen) atoms. The molecule has 92 valence electrons. The summed E-state index contributed by atoms with van der Waals surface area (Å²) in [7, 11) is 1.96. The molecular weight excluding hydrogens is 214 g/mol. The van der Waals surface area contributed by atoms with Gasteiger partial charge in [0, 0.05) is 5.39 Å². The van der Waals surface area contributed by atoms with E-state index in [4.69, 9.17) is 9.15 Å². The van der Waals surface area contributed by atoms with Crippen molar-refractivity contribution in [3.8, 4) is 5.75 Å². The first kappa shape index (κ1) is 12.0. The van der Waals surface area contributed by atoms with Crippen molar-refractivity contribution in [3.63, 3.8) is 0 Å². The molecule has 0 amide bonds. The summed E-state index contributed by atoms with van der Waals surface area (Å²) in [6.45, 7) is 3.78. The standard InChI is InChI=1S/C14H19NO2/c1-3-9-16-13-6-4-5-12-11(7-8-15-2)10-17-14(12)13/h4-6,10,15H,3,7-9H2,1-2H3. The fourth-order valence-corrected chi connectivity index (χ4v) is 1.86. The molecule has 0 bridgehead atoms. The smallest absolute Gasteiger partial charge is 0.175 e. The SMILES string of the molecule is CCCOc1cccc2c(CCNC)coc12. The molecule has 0 radical (unpaired) electrons. The zero-order valence-corrected chi connectivity index (χ0v) is 10.5. The van der Waals surface area contributed by atoms with E-state index in [1.165, 1.54) is 5.56 Å². The van der Waals surface area contributed by atoms with Crippen LogP contribution in [0.3, 0.4) is 0 Å². The van der Waals surface area contributed by atoms with Crippen molar-refractivity contribution in [1.82, 2.24) is 5.32 Å². The number of likely N-dealkylation sites (N-methyl/N-ethyl adjacent to an activating group) is 1. The number of fused-ring (bicyclic) bond motifs is 1. The van der Waals surface area contributed by atoms with E-state index in [0.29, 0.717) is 0 Å². The van der Waals surface area contributed by atoms with E-state index in [1.807, 2.05) is 25.4 Å². The lowest BCUT2D eigenvalue weighted by Crippen LogP contribution is -2.09. The van der Waals surface area contributed by atoms with Crippen molar-refractivity contribution in [2.24, 2.45) is 0 Å². The normalized spacial score (nSPS) is 10.9. The van der Waals surface area contributed by atoms with Gasteiger partial charge in [-0.1, -0.05) is 19.1 Å². The Hall–Kier alpha value is -1.48. The minimum atomic E-state index is 0.728. The molecule has 2 aromatic rings. The molecule has 1 aromatic heterocycles. The quantitative estimate of drug-likeness (QED) is 0.833. The first-order valence-electron chi connectivity index (χ1n) is 6.13. The van der Waals surface area contributed by atoms with Crippen LogP contribution < -0.4 is 10.1 Å². The van der Waals surface area contributed by atoms with Crippen LogP contribution in [0, 0.1) is 0 Å². The van der Waals surface area contributed by atoms with E-state index in [9.17, 15) is 0 Å². The summed E-state index contributed by atoms with van der Waals surface area (Å²) in [5, 5.41) is 4.31. The Bertz CT molecular complexity index is 476. The van der Waals surface area contributed by atoms with Crippen molar-refractivity contribution < 1.29 is 9.15 Å². The molecule has 0 aliphatic carbocycles. The van der Waals surface area contributed by atoms with Crippen LogP contribution in [-0.4, -0.2) is 20.2 Å². The summed E-state index contributed by atoms with van der Waals surface area (Å²) in [4.78, 5) is 0. The van der Waals surface area contributed by atoms with Crippen molar-refractivity contribution >= 4 is 11.0 Å². The van der Waals surface area contributed by atoms with E-state index < -0.39 is 0 Å². The van der Waals surface area contributed by atoms with Crippen LogP contribution in [0.5, 0.6) is 5.75 Å². The lowest BCUT2D eigenvalue weighted by Gasteiger charge is -2.04. The highest BCUT2D eigenvalue weighted by Crippen LogP contribution is 2.29. The van der Waals surface area contributed by atoms with Gasteiger partial charge in [0.2, 0.25) is 0 Å². The number of hydrogen-bond acceptors (Lipinski definition) is 3. The highest BCUT2D eigenvalue weighted by Gasteiger charge is 2.09. The Morgan fingerprint density at radius 3 is 3.00 bits per heavy atom. The number of ether oxygens (including phenoxy) is 1. The largest absolute Gasteiger partial charge is 0.490 e. The molecule has 1 aromatic carbocycles. The molecule has 3 heteroatoms. The van der Waals surface area contributed by atoms with E-state index in [0.717, 1.165) is 42.7 Å². The fourth-order valence-electron chi connectivity index (χ4n) is 1.86. The van der Waals surface area contributed by atoms with Gasteiger partial charge in [0.25, 0.3) is 0 Å². The molecule has 3 nitrogen and oxygen atoms in total. The van der Waals surface area contributed by atoms with E-state index in [1.54, 1.807) is 0 Å². The Labute approximate surface area is 102 Å². The van der Waals surface area contributed by atoms with Crippen LogP contribution in [0.1, 0.15) is 18.9 Å². The zero-order chi connectivity index (χ0) is 12.1. The molecule has 2 rings (SSSR count). The highest BCUT2D eigenvalue weighted by atomic mass is 16.5. The van der Waals surface area contributed by atoms with Gasteiger partial charge in [0.1, 0.15) is 0 Å². The maximum Gasteiger partial charge on any atom is 0.175 e. The third-order valence-corrected chi connectivity index (χ3v) is 2.75. The number of hydrogen-bond donors (Lipinski definition) is 1. The van der Waals surface area contributed by atoms with Crippen molar-refractivity contribution in [2.45, 2.75) is 19.8 Å². The Morgan fingerprint density at radius 2 is 2.24 bits per heavy atom. The maximum absolute atomic E-state index is 5.68. The minimum Gasteiger partial charge on any atom is -0.490 e. The van der Waals surface area contributed by atoms with Gasteiger partial charge in [-0.2, -0.15) is 0 Å². The summed E-state index contributed by atoms with van der Waals surface area (Å²) in [6, 6.07) is 6.07. The van der Waals surface area contributed by atoms with Gasteiger partial charge in [-0.15, -0.1) is 0 Å². The predicted octanol–water partition coefficient (Wildman–Crippen LogP) is 2.98. The molecule has 0 atom stereocenters. The lowest BCUT2D eigenvalue weighted by atomic mass is 10.1. The molecule has 0 fully saturated rings. The highest BCUT2D eigenvalue weighted by molar-refractivity contribution is 5.86. The van der Waals surface area contributed by atoms with Crippen molar-refractivity contribution in [2.75, 3.05) is 20.2 Å². The number of para-hydroxylation sites is 1. The van der Waals surface area contributed by atoms with Gasteiger partial charge in [-0.25, -0.2) is 0 Å². The number of rotatable bonds is 6.